The molecule has 1 N–H and O–H groups in total. The van der Waals surface area contributed by atoms with Crippen molar-refractivity contribution in [2.45, 2.75) is 13.0 Å². The van der Waals surface area contributed by atoms with Crippen LogP contribution in [0.5, 0.6) is 0 Å². The molecule has 1 aromatic carbocycles. The van der Waals surface area contributed by atoms with Gasteiger partial charge in [-0.2, -0.15) is 0 Å². The first-order chi connectivity index (χ1) is 12.0. The zero-order valence-electron chi connectivity index (χ0n) is 14.0. The number of aromatic nitrogens is 1. The lowest BCUT2D eigenvalue weighted by Crippen LogP contribution is -2.24. The summed E-state index contributed by atoms with van der Waals surface area (Å²) < 4.78 is 1.06. The molecule has 0 aliphatic rings. The number of nitrogens with zero attached hydrogens (tertiary/aromatic N) is 2. The van der Waals surface area contributed by atoms with Crippen molar-refractivity contribution in [1.82, 2.24) is 10.3 Å². The molecule has 0 atom stereocenters. The van der Waals surface area contributed by atoms with Gasteiger partial charge in [-0.25, -0.2) is 4.98 Å². The van der Waals surface area contributed by atoms with Crippen LogP contribution in [0.25, 0.3) is 9.88 Å². The first-order valence-electron chi connectivity index (χ1n) is 7.73. The van der Waals surface area contributed by atoms with Gasteiger partial charge in [0.15, 0.2) is 0 Å². The maximum Gasteiger partial charge on any atom is 0.226 e. The number of carbonyl (C=O) groups is 1. The molecule has 7 heteroatoms. The number of rotatable bonds is 6. The van der Waals surface area contributed by atoms with E-state index in [-0.39, 0.29) is 5.91 Å². The number of halogens is 1. The van der Waals surface area contributed by atoms with Gasteiger partial charge in [0.1, 0.15) is 5.01 Å². The van der Waals surface area contributed by atoms with Crippen LogP contribution in [-0.2, 0) is 17.8 Å². The third-order valence-corrected chi connectivity index (χ3v) is 6.34. The lowest BCUT2D eigenvalue weighted by molar-refractivity contribution is -0.120. The molecule has 1 amide bonds. The van der Waals surface area contributed by atoms with Crippen LogP contribution in [-0.4, -0.2) is 25.0 Å². The summed E-state index contributed by atoms with van der Waals surface area (Å²) in [5.74, 6) is -0.0144. The second kappa shape index (κ2) is 8.12. The summed E-state index contributed by atoms with van der Waals surface area (Å²) in [4.78, 5) is 19.9. The van der Waals surface area contributed by atoms with Crippen LogP contribution in [0.4, 0.5) is 5.69 Å². The summed E-state index contributed by atoms with van der Waals surface area (Å²) in [5, 5.41) is 7.91. The van der Waals surface area contributed by atoms with Crippen LogP contribution in [0.3, 0.4) is 0 Å². The molecular weight excluding hydrogens is 418 g/mol. The fourth-order valence-electron chi connectivity index (χ4n) is 2.30. The van der Waals surface area contributed by atoms with Crippen LogP contribution in [0.1, 0.15) is 11.3 Å². The number of thiophene rings is 1. The van der Waals surface area contributed by atoms with Crippen LogP contribution in [0, 0.1) is 0 Å². The van der Waals surface area contributed by atoms with Crippen molar-refractivity contribution in [3.05, 3.63) is 56.8 Å². The first-order valence-corrected chi connectivity index (χ1v) is 10.3. The smallest absolute Gasteiger partial charge is 0.226 e. The van der Waals surface area contributed by atoms with Crippen molar-refractivity contribution in [2.75, 3.05) is 19.0 Å². The number of benzene rings is 1. The quantitative estimate of drug-likeness (QED) is 0.616. The predicted molar refractivity (Wildman–Crippen MR) is 109 cm³/mol. The number of amides is 1. The Morgan fingerprint density at radius 2 is 2.08 bits per heavy atom. The lowest BCUT2D eigenvalue weighted by atomic mass is 10.2. The van der Waals surface area contributed by atoms with E-state index in [9.17, 15) is 4.79 Å². The van der Waals surface area contributed by atoms with Gasteiger partial charge >= 0.3 is 0 Å². The number of hydrogen-bond acceptors (Lipinski definition) is 5. The van der Waals surface area contributed by atoms with Crippen molar-refractivity contribution in [2.24, 2.45) is 0 Å². The topological polar surface area (TPSA) is 45.2 Å². The Hall–Kier alpha value is -1.70. The molecule has 0 aliphatic carbocycles. The van der Waals surface area contributed by atoms with Crippen molar-refractivity contribution >= 4 is 50.2 Å². The van der Waals surface area contributed by atoms with Gasteiger partial charge in [0, 0.05) is 41.6 Å². The van der Waals surface area contributed by atoms with Crippen molar-refractivity contribution in [3.8, 4) is 9.88 Å². The molecule has 0 saturated carbocycles. The molecule has 130 valence electrons. The Morgan fingerprint density at radius 1 is 1.24 bits per heavy atom. The maximum absolute atomic E-state index is 12.2. The standard InChI is InChI=1S/C18H18BrN3OS2/c1-22(2)15-5-3-4-12(6-15)9-20-17(23)8-14-11-25-18(21-14)16-7-13(19)10-24-16/h3-7,10-11H,8-9H2,1-2H3,(H,20,23). The summed E-state index contributed by atoms with van der Waals surface area (Å²) >= 11 is 6.67. The Balaban J connectivity index is 1.56. The Bertz CT molecular complexity index is 873. The molecule has 3 rings (SSSR count). The first kappa shape index (κ1) is 18.1. The minimum Gasteiger partial charge on any atom is -0.378 e. The van der Waals surface area contributed by atoms with E-state index in [0.717, 1.165) is 31.3 Å². The van der Waals surface area contributed by atoms with Gasteiger partial charge in [-0.1, -0.05) is 12.1 Å². The normalized spacial score (nSPS) is 10.7. The summed E-state index contributed by atoms with van der Waals surface area (Å²) in [6, 6.07) is 10.2. The van der Waals surface area contributed by atoms with Crippen LogP contribution >= 0.6 is 38.6 Å². The van der Waals surface area contributed by atoms with Gasteiger partial charge in [-0.3, -0.25) is 4.79 Å². The average Bonchev–Trinajstić information content (AvgIpc) is 3.22. The molecule has 25 heavy (non-hydrogen) atoms. The number of carbonyl (C=O) groups excluding carboxylic acids is 1. The molecule has 0 fully saturated rings. The van der Waals surface area contributed by atoms with Gasteiger partial charge in [0.25, 0.3) is 0 Å². The molecule has 3 aromatic rings. The van der Waals surface area contributed by atoms with Crippen LogP contribution < -0.4 is 10.2 Å². The lowest BCUT2D eigenvalue weighted by Gasteiger charge is -2.13. The summed E-state index contributed by atoms with van der Waals surface area (Å²) in [6.45, 7) is 0.523. The zero-order chi connectivity index (χ0) is 17.8. The van der Waals surface area contributed by atoms with Crippen LogP contribution in [0.2, 0.25) is 0 Å². The van der Waals surface area contributed by atoms with Gasteiger partial charge in [0.2, 0.25) is 5.91 Å². The minimum absolute atomic E-state index is 0.0144. The Morgan fingerprint density at radius 3 is 2.80 bits per heavy atom. The second-order valence-electron chi connectivity index (χ2n) is 5.79. The van der Waals surface area contributed by atoms with E-state index in [1.165, 1.54) is 0 Å². The molecule has 0 bridgehead atoms. The molecule has 0 aliphatic heterocycles. The number of thiazole rings is 1. The summed E-state index contributed by atoms with van der Waals surface area (Å²) in [7, 11) is 4.01. The highest BCUT2D eigenvalue weighted by atomic mass is 79.9. The zero-order valence-corrected chi connectivity index (χ0v) is 17.2. The average molecular weight is 436 g/mol. The Labute approximate surface area is 163 Å². The SMILES string of the molecule is CN(C)c1cccc(CNC(=O)Cc2csc(-c3cc(Br)cs3)n2)c1. The molecule has 0 spiro atoms. The van der Waals surface area contributed by atoms with Crippen molar-refractivity contribution in [3.63, 3.8) is 0 Å². The van der Waals surface area contributed by atoms with Crippen molar-refractivity contribution in [1.29, 1.82) is 0 Å². The van der Waals surface area contributed by atoms with Gasteiger partial charge < -0.3 is 10.2 Å². The Kier molecular flexibility index (Phi) is 5.88. The molecule has 0 unspecified atom stereocenters. The minimum atomic E-state index is -0.0144. The van der Waals surface area contributed by atoms with E-state index in [4.69, 9.17) is 0 Å². The van der Waals surface area contributed by atoms with E-state index < -0.39 is 0 Å². The third-order valence-electron chi connectivity index (χ3n) is 3.59. The highest BCUT2D eigenvalue weighted by Gasteiger charge is 2.10. The van der Waals surface area contributed by atoms with E-state index in [0.29, 0.717) is 13.0 Å². The molecule has 2 aromatic heterocycles. The number of hydrogen-bond donors (Lipinski definition) is 1. The third kappa shape index (κ3) is 4.90. The number of nitrogens with one attached hydrogen (secondary N) is 1. The highest BCUT2D eigenvalue weighted by molar-refractivity contribution is 9.10. The summed E-state index contributed by atoms with van der Waals surface area (Å²) in [6.07, 6.45) is 0.302. The van der Waals surface area contributed by atoms with E-state index in [1.54, 1.807) is 22.7 Å². The molecule has 0 radical (unpaired) electrons. The second-order valence-corrected chi connectivity index (χ2v) is 8.48. The fourth-order valence-corrected chi connectivity index (χ4v) is 4.63. The van der Waals surface area contributed by atoms with E-state index >= 15 is 0 Å². The van der Waals surface area contributed by atoms with Gasteiger partial charge in [0.05, 0.1) is 17.0 Å². The van der Waals surface area contributed by atoms with Gasteiger partial charge in [-0.05, 0) is 39.7 Å². The fraction of sp³-hybridized carbons (Fsp3) is 0.222. The van der Waals surface area contributed by atoms with E-state index in [2.05, 4.69) is 32.3 Å². The maximum atomic E-state index is 12.2. The molecule has 0 saturated heterocycles. The molecule has 4 nitrogen and oxygen atoms in total. The van der Waals surface area contributed by atoms with E-state index in [1.807, 2.05) is 54.0 Å². The highest BCUT2D eigenvalue weighted by Crippen LogP contribution is 2.32. The molecule has 2 heterocycles. The van der Waals surface area contributed by atoms with Crippen molar-refractivity contribution < 1.29 is 4.79 Å². The van der Waals surface area contributed by atoms with Gasteiger partial charge in [-0.15, -0.1) is 22.7 Å². The number of anilines is 1. The monoisotopic (exact) mass is 435 g/mol. The van der Waals surface area contributed by atoms with Crippen LogP contribution in [0.15, 0.2) is 45.6 Å². The molecular formula is C18H18BrN3OS2. The summed E-state index contributed by atoms with van der Waals surface area (Å²) in [5.41, 5.74) is 3.02. The predicted octanol–water partition coefficient (Wildman–Crippen LogP) is 4.56. The largest absolute Gasteiger partial charge is 0.378 e.